The largest absolute Gasteiger partial charge is 0.464 e. The van der Waals surface area contributed by atoms with Gasteiger partial charge < -0.3 is 9.84 Å². The minimum Gasteiger partial charge on any atom is -0.464 e. The molecule has 0 aromatic carbocycles. The van der Waals surface area contributed by atoms with Crippen molar-refractivity contribution in [2.45, 2.75) is 37.8 Å². The van der Waals surface area contributed by atoms with Gasteiger partial charge in [0.1, 0.15) is 0 Å². The monoisotopic (exact) mass is 243 g/mol. The van der Waals surface area contributed by atoms with E-state index in [2.05, 4.69) is 15.8 Å². The van der Waals surface area contributed by atoms with Gasteiger partial charge in [-0.3, -0.25) is 10.3 Å². The Balaban J connectivity index is 1.68. The Morgan fingerprint density at radius 1 is 1.18 bits per heavy atom. The Morgan fingerprint density at radius 2 is 1.82 bits per heavy atom. The van der Waals surface area contributed by atoms with Crippen LogP contribution in [0.2, 0.25) is 0 Å². The molecule has 2 rings (SSSR count). The van der Waals surface area contributed by atoms with Crippen molar-refractivity contribution in [3.05, 3.63) is 0 Å². The molecule has 2 fully saturated rings. The maximum Gasteiger partial charge on any atom is 0.419 e. The molecule has 1 aliphatic carbocycles. The van der Waals surface area contributed by atoms with E-state index in [4.69, 9.17) is 9.84 Å². The lowest BCUT2D eigenvalue weighted by Crippen LogP contribution is -2.50. The summed E-state index contributed by atoms with van der Waals surface area (Å²) in [5.41, 5.74) is 5.09. The van der Waals surface area contributed by atoms with Crippen molar-refractivity contribution in [2.24, 2.45) is 0 Å². The van der Waals surface area contributed by atoms with E-state index >= 15 is 0 Å². The van der Waals surface area contributed by atoms with Crippen LogP contribution in [0.25, 0.3) is 0 Å². The van der Waals surface area contributed by atoms with Gasteiger partial charge in [-0.2, -0.15) is 0 Å². The number of carbonyl (C=O) groups is 1. The van der Waals surface area contributed by atoms with E-state index in [9.17, 15) is 4.79 Å². The van der Waals surface area contributed by atoms with Crippen molar-refractivity contribution < 1.29 is 14.6 Å². The van der Waals surface area contributed by atoms with Gasteiger partial charge in [-0.15, -0.1) is 0 Å². The standard InChI is InChI=1S/C11H21N3O3/c15-11(16)13-12-9-1-3-10(4-2-9)14-5-7-17-8-6-14/h9-10,12-13H,1-8H2,(H,15,16). The van der Waals surface area contributed by atoms with Gasteiger partial charge in [0.2, 0.25) is 0 Å². The van der Waals surface area contributed by atoms with Gasteiger partial charge in [-0.25, -0.2) is 10.2 Å². The van der Waals surface area contributed by atoms with Gasteiger partial charge in [0.05, 0.1) is 13.2 Å². The van der Waals surface area contributed by atoms with E-state index in [1.807, 2.05) is 0 Å². The van der Waals surface area contributed by atoms with Crippen LogP contribution in [-0.4, -0.2) is 54.5 Å². The zero-order chi connectivity index (χ0) is 12.1. The molecule has 6 heteroatoms. The van der Waals surface area contributed by atoms with Crippen molar-refractivity contribution in [1.82, 2.24) is 15.8 Å². The number of rotatable bonds is 3. The molecule has 0 unspecified atom stereocenters. The van der Waals surface area contributed by atoms with Gasteiger partial charge >= 0.3 is 6.09 Å². The first-order chi connectivity index (χ1) is 8.25. The number of hydrogen-bond acceptors (Lipinski definition) is 4. The third kappa shape index (κ3) is 3.83. The molecule has 0 radical (unpaired) electrons. The topological polar surface area (TPSA) is 73.8 Å². The molecule has 3 N–H and O–H groups in total. The highest BCUT2D eigenvalue weighted by atomic mass is 16.5. The second-order valence-electron chi connectivity index (χ2n) is 4.73. The second-order valence-corrected chi connectivity index (χ2v) is 4.73. The number of ether oxygens (including phenoxy) is 1. The first-order valence-electron chi connectivity index (χ1n) is 6.32. The number of morpholine rings is 1. The minimum atomic E-state index is -1.01. The summed E-state index contributed by atoms with van der Waals surface area (Å²) >= 11 is 0. The van der Waals surface area contributed by atoms with Crippen molar-refractivity contribution in [2.75, 3.05) is 26.3 Å². The van der Waals surface area contributed by atoms with E-state index in [-0.39, 0.29) is 6.04 Å². The molecule has 17 heavy (non-hydrogen) atoms. The maximum absolute atomic E-state index is 10.4. The van der Waals surface area contributed by atoms with Crippen LogP contribution in [0.3, 0.4) is 0 Å². The average molecular weight is 243 g/mol. The highest BCUT2D eigenvalue weighted by Crippen LogP contribution is 2.23. The van der Waals surface area contributed by atoms with Crippen molar-refractivity contribution in [3.8, 4) is 0 Å². The Bertz CT molecular complexity index is 248. The van der Waals surface area contributed by atoms with Crippen LogP contribution in [0.15, 0.2) is 0 Å². The Morgan fingerprint density at radius 3 is 2.41 bits per heavy atom. The SMILES string of the molecule is O=C(O)NNC1CCC(N2CCOCC2)CC1. The zero-order valence-electron chi connectivity index (χ0n) is 10.0. The highest BCUT2D eigenvalue weighted by molar-refractivity contribution is 5.63. The van der Waals surface area contributed by atoms with Crippen molar-refractivity contribution in [1.29, 1.82) is 0 Å². The fourth-order valence-corrected chi connectivity index (χ4v) is 2.69. The molecule has 2 aliphatic rings. The predicted molar refractivity (Wildman–Crippen MR) is 62.7 cm³/mol. The first kappa shape index (κ1) is 12.6. The molecule has 0 aromatic rings. The molecule has 98 valence electrons. The lowest BCUT2D eigenvalue weighted by Gasteiger charge is -2.38. The summed E-state index contributed by atoms with van der Waals surface area (Å²) in [5, 5.41) is 8.50. The summed E-state index contributed by atoms with van der Waals surface area (Å²) in [4.78, 5) is 12.9. The molecular weight excluding hydrogens is 222 g/mol. The molecule has 0 aromatic heterocycles. The number of nitrogens with one attached hydrogen (secondary N) is 2. The molecule has 1 saturated heterocycles. The van der Waals surface area contributed by atoms with Crippen LogP contribution in [-0.2, 0) is 4.74 Å². The van der Waals surface area contributed by atoms with E-state index < -0.39 is 6.09 Å². The van der Waals surface area contributed by atoms with E-state index in [1.54, 1.807) is 0 Å². The number of carboxylic acid groups (broad SMARTS) is 1. The summed E-state index contributed by atoms with van der Waals surface area (Å²) in [6.07, 6.45) is 3.32. The third-order valence-corrected chi connectivity index (χ3v) is 3.64. The number of amides is 1. The summed E-state index contributed by atoms with van der Waals surface area (Å²) in [5.74, 6) is 0. The molecule has 0 atom stereocenters. The van der Waals surface area contributed by atoms with Crippen LogP contribution >= 0.6 is 0 Å². The Hall–Kier alpha value is -0.850. The smallest absolute Gasteiger partial charge is 0.419 e. The fourth-order valence-electron chi connectivity index (χ4n) is 2.69. The van der Waals surface area contributed by atoms with E-state index in [0.29, 0.717) is 6.04 Å². The van der Waals surface area contributed by atoms with E-state index in [0.717, 1.165) is 52.0 Å². The van der Waals surface area contributed by atoms with Gasteiger partial charge in [-0.05, 0) is 25.7 Å². The number of nitrogens with zero attached hydrogens (tertiary/aromatic N) is 1. The average Bonchev–Trinajstić information content (AvgIpc) is 2.38. The number of hydrazine groups is 1. The lowest BCUT2D eigenvalue weighted by molar-refractivity contribution is 0.00622. The van der Waals surface area contributed by atoms with Gasteiger partial charge in [0.25, 0.3) is 0 Å². The van der Waals surface area contributed by atoms with Crippen LogP contribution in [0, 0.1) is 0 Å². The van der Waals surface area contributed by atoms with Gasteiger partial charge in [-0.1, -0.05) is 0 Å². The summed E-state index contributed by atoms with van der Waals surface area (Å²) in [6, 6.07) is 0.935. The normalized spacial score (nSPS) is 31.1. The predicted octanol–water partition coefficient (Wildman–Crippen LogP) is 0.402. The van der Waals surface area contributed by atoms with Crippen LogP contribution < -0.4 is 10.9 Å². The molecule has 1 saturated carbocycles. The Kier molecular flexibility index (Phi) is 4.58. The molecule has 1 heterocycles. The maximum atomic E-state index is 10.4. The molecule has 0 bridgehead atoms. The van der Waals surface area contributed by atoms with Gasteiger partial charge in [0.15, 0.2) is 0 Å². The zero-order valence-corrected chi connectivity index (χ0v) is 10.0. The molecular formula is C11H21N3O3. The van der Waals surface area contributed by atoms with E-state index in [1.165, 1.54) is 0 Å². The van der Waals surface area contributed by atoms with Crippen molar-refractivity contribution in [3.63, 3.8) is 0 Å². The lowest BCUT2D eigenvalue weighted by atomic mass is 9.90. The molecule has 6 nitrogen and oxygen atoms in total. The van der Waals surface area contributed by atoms with Crippen molar-refractivity contribution >= 4 is 6.09 Å². The quantitative estimate of drug-likeness (QED) is 0.626. The summed E-state index contributed by atoms with van der Waals surface area (Å²) in [7, 11) is 0. The third-order valence-electron chi connectivity index (χ3n) is 3.64. The fraction of sp³-hybridized carbons (Fsp3) is 0.909. The second kappa shape index (κ2) is 6.18. The van der Waals surface area contributed by atoms with Gasteiger partial charge in [0, 0.05) is 25.2 Å². The summed E-state index contributed by atoms with van der Waals surface area (Å²) in [6.45, 7) is 3.77. The Labute approximate surface area is 101 Å². The van der Waals surface area contributed by atoms with Crippen LogP contribution in [0.1, 0.15) is 25.7 Å². The molecule has 1 aliphatic heterocycles. The summed E-state index contributed by atoms with van der Waals surface area (Å²) < 4.78 is 5.35. The molecule has 1 amide bonds. The van der Waals surface area contributed by atoms with Crippen LogP contribution in [0.4, 0.5) is 4.79 Å². The molecule has 0 spiro atoms. The first-order valence-corrected chi connectivity index (χ1v) is 6.32. The highest BCUT2D eigenvalue weighted by Gasteiger charge is 2.26. The minimum absolute atomic E-state index is 0.281. The van der Waals surface area contributed by atoms with Crippen LogP contribution in [0.5, 0.6) is 0 Å². The number of hydrogen-bond donors (Lipinski definition) is 3.